The van der Waals surface area contributed by atoms with Gasteiger partial charge in [0.15, 0.2) is 0 Å². The first-order valence-electron chi connectivity index (χ1n) is 9.22. The molecule has 1 amide bonds. The van der Waals surface area contributed by atoms with Crippen molar-refractivity contribution in [3.8, 4) is 11.1 Å². The summed E-state index contributed by atoms with van der Waals surface area (Å²) >= 11 is 0. The van der Waals surface area contributed by atoms with Crippen molar-refractivity contribution in [3.63, 3.8) is 0 Å². The number of carbonyl (C=O) groups is 1. The van der Waals surface area contributed by atoms with E-state index in [1.165, 1.54) is 0 Å². The molecule has 27 heavy (non-hydrogen) atoms. The zero-order valence-electron chi connectivity index (χ0n) is 16.2. The molecule has 0 aromatic heterocycles. The summed E-state index contributed by atoms with van der Waals surface area (Å²) in [4.78, 5) is 14.8. The second-order valence-corrected chi connectivity index (χ2v) is 9.10. The molecule has 0 saturated carbocycles. The fraction of sp³-hybridized carbons (Fsp3) is 0.381. The molecule has 0 aliphatic carbocycles. The van der Waals surface area contributed by atoms with Gasteiger partial charge in [0, 0.05) is 23.8 Å². The minimum atomic E-state index is -3.32. The Morgan fingerprint density at radius 1 is 1.19 bits per heavy atom. The Labute approximate surface area is 161 Å². The highest BCUT2D eigenvalue weighted by atomic mass is 32.2. The molecule has 1 aliphatic rings. The molecule has 3 rings (SSSR count). The van der Waals surface area contributed by atoms with Gasteiger partial charge in [-0.3, -0.25) is 9.52 Å². The molecular weight excluding hydrogens is 360 g/mol. The van der Waals surface area contributed by atoms with Gasteiger partial charge in [0.2, 0.25) is 10.0 Å². The maximum atomic E-state index is 12.8. The van der Waals surface area contributed by atoms with Crippen LogP contribution in [0.25, 0.3) is 11.1 Å². The first-order chi connectivity index (χ1) is 12.7. The van der Waals surface area contributed by atoms with Crippen LogP contribution in [-0.4, -0.2) is 31.5 Å². The van der Waals surface area contributed by atoms with Gasteiger partial charge in [-0.1, -0.05) is 31.5 Å². The highest BCUT2D eigenvalue weighted by Gasteiger charge is 2.32. The molecule has 2 aromatic rings. The van der Waals surface area contributed by atoms with E-state index < -0.39 is 10.0 Å². The molecule has 6 heteroatoms. The molecule has 1 aliphatic heterocycles. The smallest absolute Gasteiger partial charge is 0.255 e. The van der Waals surface area contributed by atoms with Gasteiger partial charge >= 0.3 is 0 Å². The van der Waals surface area contributed by atoms with Crippen LogP contribution in [0.4, 0.5) is 5.69 Å². The van der Waals surface area contributed by atoms with E-state index in [1.807, 2.05) is 36.1 Å². The second kappa shape index (κ2) is 7.35. The number of aryl methyl sites for hydroxylation is 1. The molecule has 0 saturated heterocycles. The van der Waals surface area contributed by atoms with Crippen molar-refractivity contribution in [1.82, 2.24) is 4.90 Å². The molecule has 5 nitrogen and oxygen atoms in total. The Morgan fingerprint density at radius 3 is 2.59 bits per heavy atom. The van der Waals surface area contributed by atoms with Gasteiger partial charge < -0.3 is 4.90 Å². The van der Waals surface area contributed by atoms with Gasteiger partial charge in [-0.2, -0.15) is 0 Å². The number of anilines is 1. The van der Waals surface area contributed by atoms with Crippen molar-refractivity contribution in [2.75, 3.05) is 11.0 Å². The van der Waals surface area contributed by atoms with E-state index in [9.17, 15) is 13.2 Å². The van der Waals surface area contributed by atoms with Crippen LogP contribution in [-0.2, 0) is 16.6 Å². The lowest BCUT2D eigenvalue weighted by atomic mass is 9.96. The molecule has 1 N–H and O–H groups in total. The van der Waals surface area contributed by atoms with E-state index in [4.69, 9.17) is 0 Å². The summed E-state index contributed by atoms with van der Waals surface area (Å²) in [6.45, 7) is 6.83. The van der Waals surface area contributed by atoms with Crippen molar-refractivity contribution >= 4 is 21.6 Å². The summed E-state index contributed by atoms with van der Waals surface area (Å²) in [5, 5.41) is 0. The Bertz CT molecular complexity index is 983. The topological polar surface area (TPSA) is 66.5 Å². The number of amides is 1. The van der Waals surface area contributed by atoms with Crippen LogP contribution in [0.1, 0.15) is 48.2 Å². The lowest BCUT2D eigenvalue weighted by Crippen LogP contribution is -2.33. The average Bonchev–Trinajstić information content (AvgIpc) is 2.91. The summed E-state index contributed by atoms with van der Waals surface area (Å²) in [5.41, 5.74) is 5.25. The van der Waals surface area contributed by atoms with Crippen molar-refractivity contribution in [3.05, 3.63) is 53.1 Å². The maximum absolute atomic E-state index is 12.8. The maximum Gasteiger partial charge on any atom is 0.255 e. The Morgan fingerprint density at radius 2 is 1.93 bits per heavy atom. The number of hydrogen-bond donors (Lipinski definition) is 1. The zero-order chi connectivity index (χ0) is 19.8. The van der Waals surface area contributed by atoms with Crippen LogP contribution in [0.15, 0.2) is 36.4 Å². The molecular formula is C21H26N2O3S. The molecule has 0 bridgehead atoms. The van der Waals surface area contributed by atoms with Crippen LogP contribution < -0.4 is 4.72 Å². The van der Waals surface area contributed by atoms with Crippen LogP contribution >= 0.6 is 0 Å². The van der Waals surface area contributed by atoms with Gasteiger partial charge in [-0.05, 0) is 60.7 Å². The van der Waals surface area contributed by atoms with E-state index in [-0.39, 0.29) is 11.9 Å². The predicted octanol–water partition coefficient (Wildman–Crippen LogP) is 4.18. The van der Waals surface area contributed by atoms with Crippen molar-refractivity contribution < 1.29 is 13.2 Å². The summed E-state index contributed by atoms with van der Waals surface area (Å²) in [5.74, 6) is 0.113. The normalized spacial score (nSPS) is 15.0. The largest absolute Gasteiger partial charge is 0.332 e. The average molecular weight is 387 g/mol. The molecule has 2 aromatic carbocycles. The van der Waals surface area contributed by atoms with Crippen LogP contribution in [0.2, 0.25) is 0 Å². The quantitative estimate of drug-likeness (QED) is 0.810. The van der Waals surface area contributed by atoms with E-state index in [0.29, 0.717) is 12.2 Å². The zero-order valence-corrected chi connectivity index (χ0v) is 17.1. The number of rotatable bonds is 6. The first kappa shape index (κ1) is 19.4. The van der Waals surface area contributed by atoms with Crippen LogP contribution in [0.3, 0.4) is 0 Å². The van der Waals surface area contributed by atoms with Gasteiger partial charge in [0.1, 0.15) is 0 Å². The minimum Gasteiger partial charge on any atom is -0.332 e. The van der Waals surface area contributed by atoms with Crippen molar-refractivity contribution in [2.45, 2.75) is 46.2 Å². The number of fused-ring (bicyclic) bond motifs is 1. The van der Waals surface area contributed by atoms with Crippen molar-refractivity contribution in [1.29, 1.82) is 0 Å². The summed E-state index contributed by atoms with van der Waals surface area (Å²) in [7, 11) is -3.32. The fourth-order valence-electron chi connectivity index (χ4n) is 3.76. The van der Waals surface area contributed by atoms with Crippen LogP contribution in [0, 0.1) is 6.92 Å². The Kier molecular flexibility index (Phi) is 5.29. The number of carbonyl (C=O) groups excluding carboxylic acids is 1. The SMILES string of the molecule is CCCC(C)N1Cc2cc(-c3cccc(NS(C)(=O)=O)c3)cc(C)c2C1=O. The number of hydrogen-bond acceptors (Lipinski definition) is 3. The number of benzene rings is 2. The molecule has 144 valence electrons. The molecule has 1 unspecified atom stereocenters. The highest BCUT2D eigenvalue weighted by Crippen LogP contribution is 2.33. The minimum absolute atomic E-state index is 0.113. The molecule has 0 spiro atoms. The third-order valence-electron chi connectivity index (χ3n) is 4.97. The van der Waals surface area contributed by atoms with Gasteiger partial charge in [-0.25, -0.2) is 8.42 Å². The highest BCUT2D eigenvalue weighted by molar-refractivity contribution is 7.92. The fourth-order valence-corrected chi connectivity index (χ4v) is 4.32. The number of nitrogens with zero attached hydrogens (tertiary/aromatic N) is 1. The number of sulfonamides is 1. The molecule has 0 fully saturated rings. The molecule has 1 heterocycles. The predicted molar refractivity (Wildman–Crippen MR) is 109 cm³/mol. The van der Waals surface area contributed by atoms with Gasteiger partial charge in [0.05, 0.1) is 6.26 Å². The second-order valence-electron chi connectivity index (χ2n) is 7.35. The standard InChI is InChI=1S/C21H26N2O3S/c1-5-7-15(3)23-13-18-11-17(10-14(2)20(18)21(23)24)16-8-6-9-19(12-16)22-27(4,25)26/h6,8-12,15,22H,5,7,13H2,1-4H3. The van der Waals surface area contributed by atoms with Crippen molar-refractivity contribution in [2.24, 2.45) is 0 Å². The monoisotopic (exact) mass is 386 g/mol. The van der Waals surface area contributed by atoms with Gasteiger partial charge in [0.25, 0.3) is 5.91 Å². The van der Waals surface area contributed by atoms with E-state index in [2.05, 4.69) is 24.6 Å². The summed E-state index contributed by atoms with van der Waals surface area (Å²) in [6.07, 6.45) is 3.17. The molecule has 0 radical (unpaired) electrons. The Balaban J connectivity index is 1.96. The third-order valence-corrected chi connectivity index (χ3v) is 5.58. The lowest BCUT2D eigenvalue weighted by molar-refractivity contribution is 0.0708. The van der Waals surface area contributed by atoms with Crippen LogP contribution in [0.5, 0.6) is 0 Å². The van der Waals surface area contributed by atoms with Gasteiger partial charge in [-0.15, -0.1) is 0 Å². The lowest BCUT2D eigenvalue weighted by Gasteiger charge is -2.23. The first-order valence-corrected chi connectivity index (χ1v) is 11.1. The van der Waals surface area contributed by atoms with E-state index in [0.717, 1.165) is 46.9 Å². The number of nitrogens with one attached hydrogen (secondary N) is 1. The summed E-state index contributed by atoms with van der Waals surface area (Å²) < 4.78 is 25.5. The Hall–Kier alpha value is -2.34. The summed E-state index contributed by atoms with van der Waals surface area (Å²) in [6, 6.07) is 11.6. The van der Waals surface area contributed by atoms with E-state index in [1.54, 1.807) is 6.07 Å². The third kappa shape index (κ3) is 4.16. The molecule has 1 atom stereocenters. The van der Waals surface area contributed by atoms with E-state index >= 15 is 0 Å².